The van der Waals surface area contributed by atoms with Crippen molar-refractivity contribution in [3.05, 3.63) is 10.7 Å². The van der Waals surface area contributed by atoms with Gasteiger partial charge in [-0.3, -0.25) is 4.79 Å². The maximum Gasteiger partial charge on any atom is 0.252 e. The van der Waals surface area contributed by atoms with Crippen molar-refractivity contribution in [2.24, 2.45) is 5.92 Å². The van der Waals surface area contributed by atoms with Crippen molar-refractivity contribution < 1.29 is 13.2 Å². The fraction of sp³-hybridized carbons (Fsp3) is 0.600. The molecule has 6 nitrogen and oxygen atoms in total. The van der Waals surface area contributed by atoms with E-state index < -0.39 is 16.1 Å². The summed E-state index contributed by atoms with van der Waals surface area (Å²) in [5.41, 5.74) is 0. The fourth-order valence-electron chi connectivity index (χ4n) is 1.46. The molecule has 1 amide bonds. The molecule has 108 valence electrons. The molecule has 0 spiro atoms. The van der Waals surface area contributed by atoms with Crippen LogP contribution in [0.2, 0.25) is 4.47 Å². The minimum Gasteiger partial charge on any atom is -0.358 e. The van der Waals surface area contributed by atoms with Crippen molar-refractivity contribution >= 4 is 38.9 Å². The Kier molecular flexibility index (Phi) is 5.72. The van der Waals surface area contributed by atoms with E-state index in [4.69, 9.17) is 11.6 Å². The van der Waals surface area contributed by atoms with Gasteiger partial charge in [-0.2, -0.15) is 4.72 Å². The third-order valence-electron chi connectivity index (χ3n) is 2.29. The van der Waals surface area contributed by atoms with Crippen LogP contribution in [0.25, 0.3) is 0 Å². The van der Waals surface area contributed by atoms with Crippen molar-refractivity contribution in [2.75, 3.05) is 7.05 Å². The summed E-state index contributed by atoms with van der Waals surface area (Å²) in [7, 11) is -2.31. The highest BCUT2D eigenvalue weighted by Gasteiger charge is 2.27. The van der Waals surface area contributed by atoms with E-state index in [-0.39, 0.29) is 20.5 Å². The highest BCUT2D eigenvalue weighted by molar-refractivity contribution is 7.91. The van der Waals surface area contributed by atoms with Gasteiger partial charge in [0, 0.05) is 7.05 Å². The first-order valence-corrected chi connectivity index (χ1v) is 8.29. The number of hydrogen-bond acceptors (Lipinski definition) is 5. The van der Waals surface area contributed by atoms with Gasteiger partial charge in [0.25, 0.3) is 10.0 Å². The molecule has 2 N–H and O–H groups in total. The zero-order valence-electron chi connectivity index (χ0n) is 10.8. The second-order valence-electron chi connectivity index (χ2n) is 4.35. The number of rotatable bonds is 6. The number of thiazole rings is 1. The molecule has 1 rings (SSSR count). The summed E-state index contributed by atoms with van der Waals surface area (Å²) in [4.78, 5) is 15.4. The molecule has 0 radical (unpaired) electrons. The molecule has 1 aromatic heterocycles. The Bertz CT molecular complexity index is 542. The number of sulfonamides is 1. The van der Waals surface area contributed by atoms with Crippen LogP contribution in [0.3, 0.4) is 0 Å². The molecular formula is C10H16ClN3O3S2. The van der Waals surface area contributed by atoms with Crippen molar-refractivity contribution in [1.82, 2.24) is 15.0 Å². The number of halogens is 1. The minimum atomic E-state index is -3.78. The standard InChI is InChI=1S/C10H16ClN3O3S2/c1-6(2)4-7(9(15)12-3)14-19(16,17)8-5-13-10(11)18-8/h5-7,14H,4H2,1-3H3,(H,12,15). The maximum atomic E-state index is 12.1. The third kappa shape index (κ3) is 4.72. The molecule has 0 saturated carbocycles. The van der Waals surface area contributed by atoms with Gasteiger partial charge in [0.1, 0.15) is 6.04 Å². The van der Waals surface area contributed by atoms with Crippen LogP contribution in [-0.2, 0) is 14.8 Å². The van der Waals surface area contributed by atoms with Gasteiger partial charge in [-0.25, -0.2) is 13.4 Å². The van der Waals surface area contributed by atoms with E-state index in [9.17, 15) is 13.2 Å². The van der Waals surface area contributed by atoms with Crippen LogP contribution in [0.5, 0.6) is 0 Å². The van der Waals surface area contributed by atoms with E-state index in [0.29, 0.717) is 6.42 Å². The highest BCUT2D eigenvalue weighted by Crippen LogP contribution is 2.22. The molecule has 0 aliphatic carbocycles. The van der Waals surface area contributed by atoms with Crippen molar-refractivity contribution in [3.8, 4) is 0 Å². The Morgan fingerprint density at radius 1 is 1.53 bits per heavy atom. The molecule has 0 fully saturated rings. The van der Waals surface area contributed by atoms with Crippen LogP contribution in [0, 0.1) is 5.92 Å². The van der Waals surface area contributed by atoms with E-state index in [1.165, 1.54) is 13.2 Å². The maximum absolute atomic E-state index is 12.1. The van der Waals surface area contributed by atoms with Crippen molar-refractivity contribution in [3.63, 3.8) is 0 Å². The van der Waals surface area contributed by atoms with Gasteiger partial charge in [0.05, 0.1) is 6.20 Å². The third-order valence-corrected chi connectivity index (χ3v) is 5.34. The van der Waals surface area contributed by atoms with Crippen molar-refractivity contribution in [1.29, 1.82) is 0 Å². The van der Waals surface area contributed by atoms with E-state index in [1.807, 2.05) is 13.8 Å². The molecule has 1 unspecified atom stereocenters. The Balaban J connectivity index is 2.92. The first-order valence-electron chi connectivity index (χ1n) is 5.61. The Hall–Kier alpha value is -0.700. The number of amides is 1. The average Bonchev–Trinajstić information content (AvgIpc) is 2.74. The van der Waals surface area contributed by atoms with Gasteiger partial charge < -0.3 is 5.32 Å². The van der Waals surface area contributed by atoms with Crippen LogP contribution in [0.4, 0.5) is 0 Å². The van der Waals surface area contributed by atoms with E-state index >= 15 is 0 Å². The lowest BCUT2D eigenvalue weighted by atomic mass is 10.0. The molecule has 0 aliphatic heterocycles. The molecule has 0 bridgehead atoms. The molecule has 0 aliphatic rings. The van der Waals surface area contributed by atoms with E-state index in [2.05, 4.69) is 15.0 Å². The first kappa shape index (κ1) is 16.4. The number of carbonyl (C=O) groups is 1. The molecular weight excluding hydrogens is 310 g/mol. The number of carbonyl (C=O) groups excluding carboxylic acids is 1. The molecule has 1 aromatic rings. The van der Waals surface area contributed by atoms with Gasteiger partial charge in [0.2, 0.25) is 5.91 Å². The number of nitrogens with one attached hydrogen (secondary N) is 2. The van der Waals surface area contributed by atoms with Crippen LogP contribution in [0.1, 0.15) is 20.3 Å². The second kappa shape index (κ2) is 6.65. The number of nitrogens with zero attached hydrogens (tertiary/aromatic N) is 1. The lowest BCUT2D eigenvalue weighted by Crippen LogP contribution is -2.46. The lowest BCUT2D eigenvalue weighted by Gasteiger charge is -2.18. The van der Waals surface area contributed by atoms with Gasteiger partial charge >= 0.3 is 0 Å². The van der Waals surface area contributed by atoms with Gasteiger partial charge in [-0.15, -0.1) is 0 Å². The Morgan fingerprint density at radius 2 is 2.16 bits per heavy atom. The SMILES string of the molecule is CNC(=O)C(CC(C)C)NS(=O)(=O)c1cnc(Cl)s1. The smallest absolute Gasteiger partial charge is 0.252 e. The quantitative estimate of drug-likeness (QED) is 0.823. The monoisotopic (exact) mass is 325 g/mol. The molecule has 1 heterocycles. The summed E-state index contributed by atoms with van der Waals surface area (Å²) in [6, 6.07) is -0.809. The predicted octanol–water partition coefficient (Wildman–Crippen LogP) is 1.24. The van der Waals surface area contributed by atoms with Crippen molar-refractivity contribution in [2.45, 2.75) is 30.5 Å². The van der Waals surface area contributed by atoms with Gasteiger partial charge in [-0.1, -0.05) is 36.8 Å². The Morgan fingerprint density at radius 3 is 2.58 bits per heavy atom. The van der Waals surface area contributed by atoms with Crippen LogP contribution >= 0.6 is 22.9 Å². The summed E-state index contributed by atoms with van der Waals surface area (Å²) in [6.45, 7) is 3.82. The number of likely N-dealkylation sites (N-methyl/N-ethyl adjacent to an activating group) is 1. The molecule has 1 atom stereocenters. The summed E-state index contributed by atoms with van der Waals surface area (Å²) in [5.74, 6) is -0.192. The highest BCUT2D eigenvalue weighted by atomic mass is 35.5. The molecule has 9 heteroatoms. The Labute approximate surface area is 121 Å². The number of aromatic nitrogens is 1. The first-order chi connectivity index (χ1) is 8.76. The largest absolute Gasteiger partial charge is 0.358 e. The zero-order chi connectivity index (χ0) is 14.6. The summed E-state index contributed by atoms with van der Waals surface area (Å²) < 4.78 is 26.7. The van der Waals surface area contributed by atoms with E-state index in [1.54, 1.807) is 0 Å². The van der Waals surface area contributed by atoms with Crippen LogP contribution < -0.4 is 10.0 Å². The predicted molar refractivity (Wildman–Crippen MR) is 74.8 cm³/mol. The minimum absolute atomic E-state index is 0.00448. The summed E-state index contributed by atoms with van der Waals surface area (Å²) in [6.07, 6.45) is 1.58. The lowest BCUT2D eigenvalue weighted by molar-refractivity contribution is -0.122. The van der Waals surface area contributed by atoms with Gasteiger partial charge in [-0.05, 0) is 12.3 Å². The molecule has 19 heavy (non-hydrogen) atoms. The fourth-order valence-corrected chi connectivity index (χ4v) is 3.98. The average molecular weight is 326 g/mol. The number of hydrogen-bond donors (Lipinski definition) is 2. The van der Waals surface area contributed by atoms with Gasteiger partial charge in [0.15, 0.2) is 8.68 Å². The topological polar surface area (TPSA) is 88.2 Å². The molecule has 0 aromatic carbocycles. The summed E-state index contributed by atoms with van der Waals surface area (Å²) in [5, 5.41) is 2.45. The normalized spacial score (nSPS) is 13.5. The summed E-state index contributed by atoms with van der Waals surface area (Å²) >= 11 is 6.46. The van der Waals surface area contributed by atoms with Crippen LogP contribution in [-0.4, -0.2) is 32.4 Å². The second-order valence-corrected chi connectivity index (χ2v) is 7.90. The van der Waals surface area contributed by atoms with E-state index in [0.717, 1.165) is 11.3 Å². The molecule has 0 saturated heterocycles. The van der Waals surface area contributed by atoms with Crippen LogP contribution in [0.15, 0.2) is 10.4 Å². The zero-order valence-corrected chi connectivity index (χ0v) is 13.2.